The summed E-state index contributed by atoms with van der Waals surface area (Å²) in [6, 6.07) is 11.4. The predicted molar refractivity (Wildman–Crippen MR) is 121 cm³/mol. The summed E-state index contributed by atoms with van der Waals surface area (Å²) in [6.07, 6.45) is 0.785. The number of hydrogen-bond donors (Lipinski definition) is 3. The highest BCUT2D eigenvalue weighted by molar-refractivity contribution is 6.32. The van der Waals surface area contributed by atoms with E-state index in [1.54, 1.807) is 0 Å². The van der Waals surface area contributed by atoms with Crippen LogP contribution in [0.5, 0.6) is 0 Å². The van der Waals surface area contributed by atoms with Crippen LogP contribution in [-0.2, 0) is 9.59 Å². The third-order valence-electron chi connectivity index (χ3n) is 5.66. The minimum atomic E-state index is -0.404. The van der Waals surface area contributed by atoms with Gasteiger partial charge in [0.2, 0.25) is 11.8 Å². The predicted octanol–water partition coefficient (Wildman–Crippen LogP) is 3.49. The third kappa shape index (κ3) is 4.82. The fourth-order valence-electron chi connectivity index (χ4n) is 4.17. The number of nitrogens with zero attached hydrogens (tertiary/aromatic N) is 1. The largest absolute Gasteiger partial charge is 0.367 e. The van der Waals surface area contributed by atoms with Crippen LogP contribution in [0.1, 0.15) is 35.4 Å². The van der Waals surface area contributed by atoms with E-state index in [4.69, 9.17) is 11.6 Å². The fraction of sp³-hybridized carbons (Fsp3) is 0.348. The molecule has 0 unspecified atom stereocenters. The molecule has 0 spiro atoms. The summed E-state index contributed by atoms with van der Waals surface area (Å²) in [5, 5.41) is 8.75. The van der Waals surface area contributed by atoms with Crippen LogP contribution < -0.4 is 20.9 Å². The van der Waals surface area contributed by atoms with E-state index >= 15 is 0 Å². The van der Waals surface area contributed by atoms with Gasteiger partial charge in [-0.1, -0.05) is 23.7 Å². The number of carbonyl (C=O) groups excluding carboxylic acids is 3. The van der Waals surface area contributed by atoms with E-state index in [0.29, 0.717) is 31.0 Å². The third-order valence-corrected chi connectivity index (χ3v) is 5.99. The number of rotatable bonds is 4. The maximum absolute atomic E-state index is 12.3. The molecule has 162 valence electrons. The minimum absolute atomic E-state index is 0.0412. The van der Waals surface area contributed by atoms with Gasteiger partial charge in [0.05, 0.1) is 12.0 Å². The highest BCUT2D eigenvalue weighted by atomic mass is 35.5. The molecule has 3 N–H and O–H groups in total. The first-order valence-electron chi connectivity index (χ1n) is 10.3. The SMILES string of the molecule is Cc1cc(C)cc(NC(=O)NC2CN(c3ccc([C@H]4CCC(=O)NC4=O)c(Cl)c3)C2)c1. The van der Waals surface area contributed by atoms with Crippen molar-refractivity contribution in [2.75, 3.05) is 23.3 Å². The summed E-state index contributed by atoms with van der Waals surface area (Å²) >= 11 is 6.45. The number of imide groups is 1. The van der Waals surface area contributed by atoms with Crippen LogP contribution in [0.25, 0.3) is 0 Å². The van der Waals surface area contributed by atoms with Crippen LogP contribution >= 0.6 is 11.6 Å². The van der Waals surface area contributed by atoms with Crippen molar-refractivity contribution >= 4 is 40.8 Å². The van der Waals surface area contributed by atoms with Gasteiger partial charge >= 0.3 is 6.03 Å². The molecule has 31 heavy (non-hydrogen) atoms. The van der Waals surface area contributed by atoms with E-state index in [1.807, 2.05) is 44.2 Å². The zero-order valence-corrected chi connectivity index (χ0v) is 18.3. The first-order valence-corrected chi connectivity index (χ1v) is 10.7. The Morgan fingerprint density at radius 2 is 1.81 bits per heavy atom. The maximum atomic E-state index is 12.3. The molecule has 0 aromatic heterocycles. The van der Waals surface area contributed by atoms with Crippen molar-refractivity contribution in [1.82, 2.24) is 10.6 Å². The van der Waals surface area contributed by atoms with Crippen molar-refractivity contribution in [1.29, 1.82) is 0 Å². The molecular formula is C23H25ClN4O3. The summed E-state index contributed by atoms with van der Waals surface area (Å²) in [4.78, 5) is 37.9. The maximum Gasteiger partial charge on any atom is 0.319 e. The first kappa shape index (κ1) is 21.2. The summed E-state index contributed by atoms with van der Waals surface area (Å²) < 4.78 is 0. The number of aryl methyl sites for hydroxylation is 2. The Morgan fingerprint density at radius 3 is 2.45 bits per heavy atom. The number of anilines is 2. The van der Waals surface area contributed by atoms with Gasteiger partial charge in [0.15, 0.2) is 0 Å². The lowest BCUT2D eigenvalue weighted by atomic mass is 9.90. The molecule has 0 radical (unpaired) electrons. The van der Waals surface area contributed by atoms with Crippen LogP contribution in [0.2, 0.25) is 5.02 Å². The summed E-state index contributed by atoms with van der Waals surface area (Å²) in [7, 11) is 0. The molecule has 4 rings (SSSR count). The minimum Gasteiger partial charge on any atom is -0.367 e. The summed E-state index contributed by atoms with van der Waals surface area (Å²) in [6.45, 7) is 5.34. The van der Waals surface area contributed by atoms with Gasteiger partial charge in [0, 0.05) is 35.9 Å². The highest BCUT2D eigenvalue weighted by Gasteiger charge is 2.31. The lowest BCUT2D eigenvalue weighted by Crippen LogP contribution is -2.60. The topological polar surface area (TPSA) is 90.5 Å². The van der Waals surface area contributed by atoms with Crippen molar-refractivity contribution in [3.63, 3.8) is 0 Å². The van der Waals surface area contributed by atoms with Gasteiger partial charge in [-0.25, -0.2) is 4.79 Å². The van der Waals surface area contributed by atoms with Crippen molar-refractivity contribution in [2.45, 2.75) is 38.6 Å². The van der Waals surface area contributed by atoms with E-state index in [9.17, 15) is 14.4 Å². The quantitative estimate of drug-likeness (QED) is 0.635. The van der Waals surface area contributed by atoms with Crippen molar-refractivity contribution in [3.05, 3.63) is 58.1 Å². The molecule has 2 saturated heterocycles. The zero-order valence-electron chi connectivity index (χ0n) is 17.5. The molecule has 4 amide bonds. The number of piperidine rings is 1. The standard InChI is InChI=1S/C23H25ClN4O3/c1-13-7-14(2)9-15(8-13)25-23(31)26-16-11-28(12-16)17-3-4-18(20(24)10-17)19-5-6-21(29)27-22(19)30/h3-4,7-10,16,19H,5-6,11-12H2,1-2H3,(H2,25,26,31)(H,27,29,30)/t19-/m1/s1. The van der Waals surface area contributed by atoms with Gasteiger partial charge in [-0.15, -0.1) is 0 Å². The molecule has 8 heteroatoms. The molecule has 2 fully saturated rings. The number of urea groups is 1. The molecule has 7 nitrogen and oxygen atoms in total. The second kappa shape index (κ2) is 8.59. The summed E-state index contributed by atoms with van der Waals surface area (Å²) in [5.74, 6) is -0.942. The molecule has 2 aromatic rings. The Bertz CT molecular complexity index is 1030. The van der Waals surface area contributed by atoms with E-state index in [-0.39, 0.29) is 23.9 Å². The Labute approximate surface area is 186 Å². The van der Waals surface area contributed by atoms with Gasteiger partial charge in [-0.2, -0.15) is 0 Å². The number of amides is 4. The van der Waals surface area contributed by atoms with Gasteiger partial charge in [-0.05, 0) is 61.2 Å². The second-order valence-electron chi connectivity index (χ2n) is 8.29. The Kier molecular flexibility index (Phi) is 5.87. The van der Waals surface area contributed by atoms with Crippen LogP contribution in [-0.4, -0.2) is 37.0 Å². The average Bonchev–Trinajstić information content (AvgIpc) is 2.64. The van der Waals surface area contributed by atoms with Gasteiger partial charge in [0.25, 0.3) is 0 Å². The molecule has 2 aliphatic heterocycles. The molecular weight excluding hydrogens is 416 g/mol. The van der Waals surface area contributed by atoms with Gasteiger partial charge in [0.1, 0.15) is 0 Å². The number of halogens is 1. The molecule has 0 bridgehead atoms. The molecule has 2 aromatic carbocycles. The molecule has 2 heterocycles. The van der Waals surface area contributed by atoms with Gasteiger partial charge in [-0.3, -0.25) is 14.9 Å². The molecule has 1 atom stereocenters. The number of nitrogens with one attached hydrogen (secondary N) is 3. The van der Waals surface area contributed by atoms with Crippen LogP contribution in [0.15, 0.2) is 36.4 Å². The number of benzene rings is 2. The molecule has 2 aliphatic rings. The molecule has 0 aliphatic carbocycles. The smallest absolute Gasteiger partial charge is 0.319 e. The van der Waals surface area contributed by atoms with E-state index in [0.717, 1.165) is 28.1 Å². The Balaban J connectivity index is 1.31. The monoisotopic (exact) mass is 440 g/mol. The van der Waals surface area contributed by atoms with Crippen LogP contribution in [0, 0.1) is 13.8 Å². The van der Waals surface area contributed by atoms with E-state index < -0.39 is 5.92 Å². The fourth-order valence-corrected chi connectivity index (χ4v) is 4.47. The first-order chi connectivity index (χ1) is 14.8. The number of carbonyl (C=O) groups is 3. The van der Waals surface area contributed by atoms with Crippen LogP contribution in [0.4, 0.5) is 16.2 Å². The summed E-state index contributed by atoms with van der Waals surface area (Å²) in [5.41, 5.74) is 4.65. The van der Waals surface area contributed by atoms with E-state index in [1.165, 1.54) is 0 Å². The second-order valence-corrected chi connectivity index (χ2v) is 8.69. The average molecular weight is 441 g/mol. The van der Waals surface area contributed by atoms with E-state index in [2.05, 4.69) is 26.9 Å². The van der Waals surface area contributed by atoms with Crippen molar-refractivity contribution in [2.24, 2.45) is 0 Å². The van der Waals surface area contributed by atoms with Crippen molar-refractivity contribution in [3.8, 4) is 0 Å². The molecule has 0 saturated carbocycles. The normalized spacial score (nSPS) is 18.9. The Morgan fingerprint density at radius 1 is 1.10 bits per heavy atom. The van der Waals surface area contributed by atoms with Crippen LogP contribution in [0.3, 0.4) is 0 Å². The van der Waals surface area contributed by atoms with Crippen molar-refractivity contribution < 1.29 is 14.4 Å². The Hall–Kier alpha value is -3.06. The highest BCUT2D eigenvalue weighted by Crippen LogP contribution is 2.34. The van der Waals surface area contributed by atoms with Gasteiger partial charge < -0.3 is 15.5 Å². The lowest BCUT2D eigenvalue weighted by Gasteiger charge is -2.41. The lowest BCUT2D eigenvalue weighted by molar-refractivity contribution is -0.134. The zero-order chi connectivity index (χ0) is 22.1. The number of hydrogen-bond acceptors (Lipinski definition) is 4.